The Morgan fingerprint density at radius 2 is 2.10 bits per heavy atom. The Bertz CT molecular complexity index is 512. The molecule has 108 valence electrons. The Hall–Kier alpha value is -1.35. The van der Waals surface area contributed by atoms with Crippen LogP contribution in [0.5, 0.6) is 0 Å². The molecule has 4 heteroatoms. The van der Waals surface area contributed by atoms with Crippen molar-refractivity contribution < 1.29 is 14.3 Å². The summed E-state index contributed by atoms with van der Waals surface area (Å²) in [6.07, 6.45) is 3.06. The van der Waals surface area contributed by atoms with Gasteiger partial charge in [-0.25, -0.2) is 0 Å². The number of carbonyl (C=O) groups is 2. The summed E-state index contributed by atoms with van der Waals surface area (Å²) in [4.78, 5) is 24.8. The summed E-state index contributed by atoms with van der Waals surface area (Å²) in [5.74, 6) is -0.410. The molecule has 0 amide bonds. The predicted octanol–water partition coefficient (Wildman–Crippen LogP) is 3.58. The highest BCUT2D eigenvalue weighted by Crippen LogP contribution is 2.39. The molecule has 1 aromatic carbocycles. The maximum absolute atomic E-state index is 12.4. The van der Waals surface area contributed by atoms with Crippen molar-refractivity contribution in [1.82, 2.24) is 0 Å². The molecule has 1 saturated carbocycles. The van der Waals surface area contributed by atoms with Crippen LogP contribution in [0.4, 0.5) is 0 Å². The second-order valence-electron chi connectivity index (χ2n) is 5.20. The first-order valence-electron chi connectivity index (χ1n) is 7.04. The lowest BCUT2D eigenvalue weighted by Gasteiger charge is -2.33. The highest BCUT2D eigenvalue weighted by molar-refractivity contribution is 6.31. The third-order valence-corrected chi connectivity index (χ3v) is 4.28. The van der Waals surface area contributed by atoms with E-state index in [1.165, 1.54) is 0 Å². The van der Waals surface area contributed by atoms with Gasteiger partial charge in [0.05, 0.1) is 6.61 Å². The van der Waals surface area contributed by atoms with Crippen LogP contribution in [-0.4, -0.2) is 18.4 Å². The van der Waals surface area contributed by atoms with Crippen LogP contribution in [0.15, 0.2) is 24.3 Å². The highest BCUT2D eigenvalue weighted by atomic mass is 35.5. The summed E-state index contributed by atoms with van der Waals surface area (Å²) in [5.41, 5.74) is -0.211. The molecule has 0 radical (unpaired) electrons. The van der Waals surface area contributed by atoms with Crippen molar-refractivity contribution in [2.45, 2.75) is 39.0 Å². The second kappa shape index (κ2) is 6.40. The summed E-state index contributed by atoms with van der Waals surface area (Å²) in [5, 5.41) is 0.592. The molecule has 0 aromatic heterocycles. The number of benzene rings is 1. The molecule has 20 heavy (non-hydrogen) atoms. The van der Waals surface area contributed by atoms with Gasteiger partial charge >= 0.3 is 5.97 Å². The van der Waals surface area contributed by atoms with E-state index >= 15 is 0 Å². The van der Waals surface area contributed by atoms with Gasteiger partial charge in [-0.3, -0.25) is 9.59 Å². The Labute approximate surface area is 124 Å². The molecule has 0 bridgehead atoms. The van der Waals surface area contributed by atoms with Crippen LogP contribution in [0, 0.1) is 5.41 Å². The fourth-order valence-corrected chi connectivity index (χ4v) is 3.00. The van der Waals surface area contributed by atoms with Gasteiger partial charge in [-0.2, -0.15) is 0 Å². The summed E-state index contributed by atoms with van der Waals surface area (Å²) in [6.45, 7) is 2.05. The SMILES string of the molecule is CCOC(=O)C1(Cc2ccccc2Cl)CCCCC1=O. The Morgan fingerprint density at radius 3 is 2.75 bits per heavy atom. The van der Waals surface area contributed by atoms with E-state index in [0.29, 0.717) is 24.3 Å². The van der Waals surface area contributed by atoms with Gasteiger partial charge in [-0.15, -0.1) is 0 Å². The largest absolute Gasteiger partial charge is 0.465 e. The van der Waals surface area contributed by atoms with Gasteiger partial charge in [0.25, 0.3) is 0 Å². The van der Waals surface area contributed by atoms with E-state index in [0.717, 1.165) is 18.4 Å². The van der Waals surface area contributed by atoms with E-state index in [9.17, 15) is 9.59 Å². The molecular weight excluding hydrogens is 276 g/mol. The number of Topliss-reactive ketones (excluding diaryl/α,β-unsaturated/α-hetero) is 1. The van der Waals surface area contributed by atoms with Crippen LogP contribution in [0.3, 0.4) is 0 Å². The maximum Gasteiger partial charge on any atom is 0.319 e. The molecule has 1 atom stereocenters. The van der Waals surface area contributed by atoms with E-state index in [2.05, 4.69) is 0 Å². The summed E-state index contributed by atoms with van der Waals surface area (Å²) in [6, 6.07) is 7.35. The minimum absolute atomic E-state index is 0.0119. The Kier molecular flexibility index (Phi) is 4.81. The van der Waals surface area contributed by atoms with Crippen molar-refractivity contribution >= 4 is 23.4 Å². The minimum atomic E-state index is -1.04. The topological polar surface area (TPSA) is 43.4 Å². The molecule has 1 unspecified atom stereocenters. The summed E-state index contributed by atoms with van der Waals surface area (Å²) in [7, 11) is 0. The van der Waals surface area contributed by atoms with Crippen molar-refractivity contribution in [3.8, 4) is 0 Å². The lowest BCUT2D eigenvalue weighted by Crippen LogP contribution is -2.44. The molecule has 0 N–H and O–H groups in total. The Morgan fingerprint density at radius 1 is 1.35 bits per heavy atom. The van der Waals surface area contributed by atoms with Crippen LogP contribution in [-0.2, 0) is 20.7 Å². The van der Waals surface area contributed by atoms with Gasteiger partial charge in [0, 0.05) is 11.4 Å². The summed E-state index contributed by atoms with van der Waals surface area (Å²) < 4.78 is 5.16. The van der Waals surface area contributed by atoms with E-state index < -0.39 is 11.4 Å². The number of hydrogen-bond donors (Lipinski definition) is 0. The van der Waals surface area contributed by atoms with Gasteiger partial charge in [0.1, 0.15) is 5.41 Å². The van der Waals surface area contributed by atoms with E-state index in [1.54, 1.807) is 13.0 Å². The molecule has 0 aliphatic heterocycles. The number of esters is 1. The van der Waals surface area contributed by atoms with Crippen LogP contribution in [0.25, 0.3) is 0 Å². The highest BCUT2D eigenvalue weighted by Gasteiger charge is 2.48. The van der Waals surface area contributed by atoms with E-state index in [-0.39, 0.29) is 12.4 Å². The average Bonchev–Trinajstić information content (AvgIpc) is 2.44. The first-order chi connectivity index (χ1) is 9.60. The number of hydrogen-bond acceptors (Lipinski definition) is 3. The molecule has 1 aliphatic rings. The first kappa shape index (κ1) is 15.0. The van der Waals surface area contributed by atoms with Crippen LogP contribution < -0.4 is 0 Å². The lowest BCUT2D eigenvalue weighted by molar-refractivity contribution is -0.162. The second-order valence-corrected chi connectivity index (χ2v) is 5.61. The van der Waals surface area contributed by atoms with Crippen molar-refractivity contribution in [1.29, 1.82) is 0 Å². The number of halogens is 1. The standard InChI is InChI=1S/C16H19ClO3/c1-2-20-15(19)16(10-6-5-9-14(16)18)11-12-7-3-4-8-13(12)17/h3-4,7-8H,2,5-6,9-11H2,1H3. The zero-order valence-corrected chi connectivity index (χ0v) is 12.4. The zero-order valence-electron chi connectivity index (χ0n) is 11.7. The Balaban J connectivity index is 2.34. The van der Waals surface area contributed by atoms with Crippen molar-refractivity contribution in [2.24, 2.45) is 5.41 Å². The smallest absolute Gasteiger partial charge is 0.319 e. The molecule has 1 fully saturated rings. The van der Waals surface area contributed by atoms with Gasteiger partial charge in [0.15, 0.2) is 5.78 Å². The number of rotatable bonds is 4. The number of carbonyl (C=O) groups excluding carboxylic acids is 2. The molecule has 1 aliphatic carbocycles. The average molecular weight is 295 g/mol. The van der Waals surface area contributed by atoms with Crippen molar-refractivity contribution in [3.05, 3.63) is 34.9 Å². The normalized spacial score (nSPS) is 22.6. The van der Waals surface area contributed by atoms with Crippen LogP contribution in [0.2, 0.25) is 5.02 Å². The van der Waals surface area contributed by atoms with Gasteiger partial charge in [0.2, 0.25) is 0 Å². The maximum atomic E-state index is 12.4. The zero-order chi connectivity index (χ0) is 14.6. The monoisotopic (exact) mass is 294 g/mol. The molecule has 2 rings (SSSR count). The fourth-order valence-electron chi connectivity index (χ4n) is 2.80. The lowest BCUT2D eigenvalue weighted by atomic mass is 9.69. The first-order valence-corrected chi connectivity index (χ1v) is 7.42. The van der Waals surface area contributed by atoms with Gasteiger partial charge in [-0.05, 0) is 37.8 Å². The summed E-state index contributed by atoms with van der Waals surface area (Å²) >= 11 is 6.17. The van der Waals surface area contributed by atoms with Gasteiger partial charge in [-0.1, -0.05) is 36.2 Å². The third kappa shape index (κ3) is 2.88. The van der Waals surface area contributed by atoms with Crippen molar-refractivity contribution in [2.75, 3.05) is 6.61 Å². The van der Waals surface area contributed by atoms with Gasteiger partial charge < -0.3 is 4.74 Å². The fraction of sp³-hybridized carbons (Fsp3) is 0.500. The minimum Gasteiger partial charge on any atom is -0.465 e. The van der Waals surface area contributed by atoms with Crippen molar-refractivity contribution in [3.63, 3.8) is 0 Å². The quantitative estimate of drug-likeness (QED) is 0.630. The van der Waals surface area contributed by atoms with Crippen LogP contribution in [0.1, 0.15) is 38.2 Å². The molecule has 1 aromatic rings. The van der Waals surface area contributed by atoms with E-state index in [1.807, 2.05) is 18.2 Å². The molecule has 0 spiro atoms. The molecule has 3 nitrogen and oxygen atoms in total. The third-order valence-electron chi connectivity index (χ3n) is 3.91. The number of ketones is 1. The number of ether oxygens (including phenoxy) is 1. The predicted molar refractivity (Wildman–Crippen MR) is 77.7 cm³/mol. The molecule has 0 saturated heterocycles. The van der Waals surface area contributed by atoms with E-state index in [4.69, 9.17) is 16.3 Å². The molecular formula is C16H19ClO3. The molecule has 0 heterocycles. The van der Waals surface area contributed by atoms with Crippen LogP contribution >= 0.6 is 11.6 Å².